The molecule has 1 heterocycles. The highest BCUT2D eigenvalue weighted by atomic mass is 35.5. The summed E-state index contributed by atoms with van der Waals surface area (Å²) in [5.74, 6) is 0.358. The minimum atomic E-state index is -0.194. The van der Waals surface area contributed by atoms with E-state index in [9.17, 15) is 4.79 Å². The number of H-pyrrole nitrogens is 1. The molecule has 0 spiro atoms. The first-order chi connectivity index (χ1) is 12.2. The lowest BCUT2D eigenvalue weighted by Gasteiger charge is -2.10. The molecule has 25 heavy (non-hydrogen) atoms. The predicted molar refractivity (Wildman–Crippen MR) is 97.9 cm³/mol. The van der Waals surface area contributed by atoms with Gasteiger partial charge in [0.1, 0.15) is 5.75 Å². The molecule has 0 atom stereocenters. The molecular weight excluding hydrogens is 340 g/mol. The first kappa shape index (κ1) is 17.3. The summed E-state index contributed by atoms with van der Waals surface area (Å²) in [4.78, 5) is 19.5. The van der Waals surface area contributed by atoms with Crippen molar-refractivity contribution in [2.75, 3.05) is 13.2 Å². The molecule has 7 heteroatoms. The standard InChI is InChI=1S/C18H19ClN4O2/c19-14-9-13(3-5-17(14)25-7-1-6-20)18(24)21-10-12-2-4-15-16(8-12)23-11-22-15/h2-5,8-9,11H,1,6-7,10,20H2,(H,21,24)(H,22,23). The normalized spacial score (nSPS) is 10.8. The van der Waals surface area contributed by atoms with Crippen molar-refractivity contribution in [2.24, 2.45) is 5.73 Å². The molecule has 2 aromatic carbocycles. The third kappa shape index (κ3) is 4.29. The Bertz CT molecular complexity index is 878. The fourth-order valence-corrected chi connectivity index (χ4v) is 2.64. The molecule has 3 aromatic rings. The third-order valence-electron chi connectivity index (χ3n) is 3.74. The van der Waals surface area contributed by atoms with Crippen LogP contribution in [0.15, 0.2) is 42.7 Å². The number of imidazole rings is 1. The van der Waals surface area contributed by atoms with Crippen LogP contribution in [-0.2, 0) is 6.54 Å². The molecule has 0 aliphatic carbocycles. The molecule has 0 bridgehead atoms. The Kier molecular flexibility index (Phi) is 5.53. The number of amides is 1. The van der Waals surface area contributed by atoms with E-state index in [0.717, 1.165) is 23.0 Å². The van der Waals surface area contributed by atoms with Gasteiger partial charge in [-0.05, 0) is 48.9 Å². The van der Waals surface area contributed by atoms with Gasteiger partial charge in [-0.3, -0.25) is 4.79 Å². The number of carbonyl (C=O) groups excluding carboxylic acids is 1. The molecule has 0 fully saturated rings. The van der Waals surface area contributed by atoms with Crippen LogP contribution in [0.2, 0.25) is 5.02 Å². The summed E-state index contributed by atoms with van der Waals surface area (Å²) in [6.07, 6.45) is 2.39. The van der Waals surface area contributed by atoms with Crippen LogP contribution in [0.3, 0.4) is 0 Å². The van der Waals surface area contributed by atoms with Crippen LogP contribution in [0.4, 0.5) is 0 Å². The molecule has 0 saturated heterocycles. The number of hydrogen-bond donors (Lipinski definition) is 3. The van der Waals surface area contributed by atoms with E-state index in [2.05, 4.69) is 15.3 Å². The summed E-state index contributed by atoms with van der Waals surface area (Å²) < 4.78 is 5.52. The maximum absolute atomic E-state index is 12.3. The van der Waals surface area contributed by atoms with E-state index in [1.165, 1.54) is 0 Å². The molecule has 0 radical (unpaired) electrons. The van der Waals surface area contributed by atoms with Crippen LogP contribution in [0.25, 0.3) is 11.0 Å². The topological polar surface area (TPSA) is 93.0 Å². The Morgan fingerprint density at radius 2 is 2.16 bits per heavy atom. The smallest absolute Gasteiger partial charge is 0.251 e. The van der Waals surface area contributed by atoms with Crippen molar-refractivity contribution in [1.82, 2.24) is 15.3 Å². The largest absolute Gasteiger partial charge is 0.492 e. The van der Waals surface area contributed by atoms with Gasteiger partial charge in [-0.1, -0.05) is 17.7 Å². The van der Waals surface area contributed by atoms with Crippen LogP contribution >= 0.6 is 11.6 Å². The van der Waals surface area contributed by atoms with E-state index in [4.69, 9.17) is 22.1 Å². The van der Waals surface area contributed by atoms with Gasteiger partial charge in [-0.2, -0.15) is 0 Å². The highest BCUT2D eigenvalue weighted by Gasteiger charge is 2.10. The number of hydrogen-bond acceptors (Lipinski definition) is 4. The molecule has 3 rings (SSSR count). The number of rotatable bonds is 7. The molecule has 1 amide bonds. The van der Waals surface area contributed by atoms with Gasteiger partial charge in [0.15, 0.2) is 0 Å². The van der Waals surface area contributed by atoms with E-state index < -0.39 is 0 Å². The molecule has 0 aliphatic heterocycles. The van der Waals surface area contributed by atoms with Crippen LogP contribution in [0.5, 0.6) is 5.75 Å². The first-order valence-electron chi connectivity index (χ1n) is 8.00. The lowest BCUT2D eigenvalue weighted by molar-refractivity contribution is 0.0951. The van der Waals surface area contributed by atoms with E-state index in [-0.39, 0.29) is 5.91 Å². The van der Waals surface area contributed by atoms with Gasteiger partial charge < -0.3 is 20.8 Å². The Morgan fingerprint density at radius 3 is 2.96 bits per heavy atom. The second-order valence-electron chi connectivity index (χ2n) is 5.57. The number of nitrogens with zero attached hydrogens (tertiary/aromatic N) is 1. The van der Waals surface area contributed by atoms with Crippen molar-refractivity contribution in [2.45, 2.75) is 13.0 Å². The van der Waals surface area contributed by atoms with Crippen molar-refractivity contribution in [1.29, 1.82) is 0 Å². The Hall–Kier alpha value is -2.57. The van der Waals surface area contributed by atoms with Gasteiger partial charge in [0.25, 0.3) is 5.91 Å². The lowest BCUT2D eigenvalue weighted by atomic mass is 10.1. The molecule has 0 saturated carbocycles. The Balaban J connectivity index is 1.61. The van der Waals surface area contributed by atoms with Gasteiger partial charge >= 0.3 is 0 Å². The Morgan fingerprint density at radius 1 is 1.28 bits per heavy atom. The highest BCUT2D eigenvalue weighted by Crippen LogP contribution is 2.25. The predicted octanol–water partition coefficient (Wildman–Crippen LogP) is 2.87. The maximum atomic E-state index is 12.3. The second kappa shape index (κ2) is 8.00. The summed E-state index contributed by atoms with van der Waals surface area (Å²) in [6, 6.07) is 10.8. The van der Waals surface area contributed by atoms with Crippen molar-refractivity contribution in [3.8, 4) is 5.75 Å². The number of halogens is 1. The molecule has 0 aliphatic rings. The molecular formula is C18H19ClN4O2. The lowest BCUT2D eigenvalue weighted by Crippen LogP contribution is -2.22. The quantitative estimate of drug-likeness (QED) is 0.566. The fourth-order valence-electron chi connectivity index (χ4n) is 2.40. The highest BCUT2D eigenvalue weighted by molar-refractivity contribution is 6.32. The first-order valence-corrected chi connectivity index (χ1v) is 8.38. The van der Waals surface area contributed by atoms with Gasteiger partial charge in [0.2, 0.25) is 0 Å². The number of aromatic nitrogens is 2. The van der Waals surface area contributed by atoms with Crippen molar-refractivity contribution >= 4 is 28.5 Å². The summed E-state index contributed by atoms with van der Waals surface area (Å²) in [7, 11) is 0. The monoisotopic (exact) mass is 358 g/mol. The van der Waals surface area contributed by atoms with E-state index in [1.54, 1.807) is 24.5 Å². The number of benzene rings is 2. The summed E-state index contributed by atoms with van der Waals surface area (Å²) in [5.41, 5.74) is 8.73. The number of fused-ring (bicyclic) bond motifs is 1. The number of nitrogens with one attached hydrogen (secondary N) is 2. The minimum Gasteiger partial charge on any atom is -0.492 e. The summed E-state index contributed by atoms with van der Waals surface area (Å²) in [6.45, 7) is 1.47. The third-order valence-corrected chi connectivity index (χ3v) is 4.03. The number of carbonyl (C=O) groups is 1. The Labute approximate surface area is 150 Å². The zero-order valence-electron chi connectivity index (χ0n) is 13.6. The fraction of sp³-hybridized carbons (Fsp3) is 0.222. The van der Waals surface area contributed by atoms with Crippen molar-refractivity contribution in [3.63, 3.8) is 0 Å². The summed E-state index contributed by atoms with van der Waals surface area (Å²) in [5, 5.41) is 3.29. The van der Waals surface area contributed by atoms with Crippen LogP contribution in [-0.4, -0.2) is 29.0 Å². The van der Waals surface area contributed by atoms with Crippen LogP contribution < -0.4 is 15.8 Å². The van der Waals surface area contributed by atoms with Gasteiger partial charge in [-0.15, -0.1) is 0 Å². The van der Waals surface area contributed by atoms with Gasteiger partial charge in [-0.25, -0.2) is 4.98 Å². The van der Waals surface area contributed by atoms with Crippen molar-refractivity contribution < 1.29 is 9.53 Å². The van der Waals surface area contributed by atoms with Crippen LogP contribution in [0.1, 0.15) is 22.3 Å². The average molecular weight is 359 g/mol. The zero-order chi connectivity index (χ0) is 17.6. The minimum absolute atomic E-state index is 0.194. The van der Waals surface area contributed by atoms with Crippen LogP contribution in [0, 0.1) is 0 Å². The van der Waals surface area contributed by atoms with Gasteiger partial charge in [0, 0.05) is 12.1 Å². The zero-order valence-corrected chi connectivity index (χ0v) is 14.3. The van der Waals surface area contributed by atoms with Crippen molar-refractivity contribution in [3.05, 3.63) is 58.9 Å². The molecule has 1 aromatic heterocycles. The number of nitrogens with two attached hydrogens (primary N) is 1. The molecule has 6 nitrogen and oxygen atoms in total. The molecule has 4 N–H and O–H groups in total. The van der Waals surface area contributed by atoms with E-state index in [0.29, 0.717) is 36.0 Å². The number of aromatic amines is 1. The van der Waals surface area contributed by atoms with E-state index >= 15 is 0 Å². The molecule has 0 unspecified atom stereocenters. The summed E-state index contributed by atoms with van der Waals surface area (Å²) >= 11 is 6.18. The second-order valence-corrected chi connectivity index (χ2v) is 5.98. The molecule has 130 valence electrons. The SMILES string of the molecule is NCCCOc1ccc(C(=O)NCc2ccc3nc[nH]c3c2)cc1Cl. The van der Waals surface area contributed by atoms with Gasteiger partial charge in [0.05, 0.1) is 29.0 Å². The number of ether oxygens (including phenoxy) is 1. The van der Waals surface area contributed by atoms with E-state index in [1.807, 2.05) is 18.2 Å². The average Bonchev–Trinajstić information content (AvgIpc) is 3.09. The maximum Gasteiger partial charge on any atom is 0.251 e.